The number of carbonyl (C=O) groups excluding carboxylic acids is 1. The molecule has 0 unspecified atom stereocenters. The molecule has 1 saturated heterocycles. The Hall–Kier alpha value is -2.94. The molecule has 160 valence electrons. The molecule has 1 amide bonds. The molecule has 0 spiro atoms. The molecule has 2 aromatic carbocycles. The van der Waals surface area contributed by atoms with Crippen LogP contribution in [-0.2, 0) is 4.74 Å². The molecule has 3 N–H and O–H groups in total. The number of nitrogens with zero attached hydrogens (tertiary/aromatic N) is 2. The maximum Gasteiger partial charge on any atom is 0.271 e. The molecule has 0 aliphatic carbocycles. The highest BCUT2D eigenvalue weighted by Crippen LogP contribution is 2.13. The zero-order valence-corrected chi connectivity index (χ0v) is 17.0. The summed E-state index contributed by atoms with van der Waals surface area (Å²) in [5.41, 5.74) is 4.38. The number of carbonyl (C=O) groups is 1. The van der Waals surface area contributed by atoms with Crippen LogP contribution in [-0.4, -0.2) is 72.3 Å². The van der Waals surface area contributed by atoms with Crippen LogP contribution in [0.25, 0.3) is 0 Å². The van der Waals surface area contributed by atoms with Crippen LogP contribution in [0.2, 0.25) is 0 Å². The highest BCUT2D eigenvalue weighted by atomic mass is 16.5. The molecule has 1 fully saturated rings. The number of rotatable bonds is 8. The van der Waals surface area contributed by atoms with E-state index in [0.717, 1.165) is 18.7 Å². The Kier molecular flexibility index (Phi) is 7.78. The Balaban J connectivity index is 1.46. The van der Waals surface area contributed by atoms with E-state index in [4.69, 9.17) is 9.47 Å². The van der Waals surface area contributed by atoms with Gasteiger partial charge in [-0.05, 0) is 61.0 Å². The maximum absolute atomic E-state index is 12.3. The van der Waals surface area contributed by atoms with Crippen molar-refractivity contribution in [1.29, 1.82) is 0 Å². The molecule has 1 aliphatic heterocycles. The standard InChI is InChI=1S/C22H27N3O5/c1-16(17-2-6-19(26)7-3-17)23-24-22(28)18-4-8-21(9-5-18)30-15-20(27)14-25-10-12-29-13-11-25/h2-9,20,26-27H,10-15H2,1H3,(H,24,28)/b23-16-/t20-/m0/s1. The van der Waals surface area contributed by atoms with Gasteiger partial charge in [-0.1, -0.05) is 0 Å². The highest BCUT2D eigenvalue weighted by Gasteiger charge is 2.15. The summed E-state index contributed by atoms with van der Waals surface area (Å²) in [6.45, 7) is 5.50. The van der Waals surface area contributed by atoms with E-state index in [0.29, 0.717) is 36.8 Å². The fourth-order valence-corrected chi connectivity index (χ4v) is 3.00. The zero-order valence-electron chi connectivity index (χ0n) is 17.0. The third-order valence-electron chi connectivity index (χ3n) is 4.74. The van der Waals surface area contributed by atoms with Crippen molar-refractivity contribution in [3.63, 3.8) is 0 Å². The van der Waals surface area contributed by atoms with Crippen LogP contribution >= 0.6 is 0 Å². The van der Waals surface area contributed by atoms with Gasteiger partial charge in [0, 0.05) is 25.2 Å². The second-order valence-electron chi connectivity index (χ2n) is 7.09. The SMILES string of the molecule is C/C(=N/NC(=O)c1ccc(OC[C@@H](O)CN2CCOCC2)cc1)c1ccc(O)cc1. The predicted octanol–water partition coefficient (Wildman–Crippen LogP) is 1.62. The average Bonchev–Trinajstić information content (AvgIpc) is 2.77. The minimum absolute atomic E-state index is 0.173. The molecule has 0 aromatic heterocycles. The van der Waals surface area contributed by atoms with Crippen molar-refractivity contribution in [2.45, 2.75) is 13.0 Å². The second-order valence-corrected chi connectivity index (χ2v) is 7.09. The van der Waals surface area contributed by atoms with E-state index in [2.05, 4.69) is 15.4 Å². The summed E-state index contributed by atoms with van der Waals surface area (Å²) < 4.78 is 10.9. The molecule has 30 heavy (non-hydrogen) atoms. The van der Waals surface area contributed by atoms with Crippen LogP contribution in [0.15, 0.2) is 53.6 Å². The lowest BCUT2D eigenvalue weighted by molar-refractivity contribution is 0.00465. The fourth-order valence-electron chi connectivity index (χ4n) is 3.00. The first-order chi connectivity index (χ1) is 14.5. The summed E-state index contributed by atoms with van der Waals surface area (Å²) >= 11 is 0. The van der Waals surface area contributed by atoms with Gasteiger partial charge in [-0.3, -0.25) is 9.69 Å². The van der Waals surface area contributed by atoms with Crippen molar-refractivity contribution in [3.8, 4) is 11.5 Å². The van der Waals surface area contributed by atoms with Gasteiger partial charge in [0.15, 0.2) is 0 Å². The zero-order chi connectivity index (χ0) is 21.3. The molecule has 3 rings (SSSR count). The van der Waals surface area contributed by atoms with Crippen LogP contribution in [0, 0.1) is 0 Å². The van der Waals surface area contributed by atoms with Crippen LogP contribution in [0.4, 0.5) is 0 Å². The van der Waals surface area contributed by atoms with E-state index < -0.39 is 6.10 Å². The number of aliphatic hydroxyl groups excluding tert-OH is 1. The van der Waals surface area contributed by atoms with Crippen LogP contribution in [0.1, 0.15) is 22.8 Å². The fraction of sp³-hybridized carbons (Fsp3) is 0.364. The molecular formula is C22H27N3O5. The number of hydrazone groups is 1. The number of phenolic OH excluding ortho intramolecular Hbond substituents is 1. The number of phenols is 1. The first kappa shape index (κ1) is 21.8. The van der Waals surface area contributed by atoms with Gasteiger partial charge < -0.3 is 19.7 Å². The Labute approximate surface area is 175 Å². The molecular weight excluding hydrogens is 386 g/mol. The molecule has 8 nitrogen and oxygen atoms in total. The number of hydrogen-bond donors (Lipinski definition) is 3. The van der Waals surface area contributed by atoms with Gasteiger partial charge in [-0.25, -0.2) is 5.43 Å². The normalized spacial score (nSPS) is 16.1. The van der Waals surface area contributed by atoms with Gasteiger partial charge in [-0.2, -0.15) is 5.10 Å². The number of amides is 1. The summed E-state index contributed by atoms with van der Waals surface area (Å²) in [6, 6.07) is 13.2. The minimum atomic E-state index is -0.594. The van der Waals surface area contributed by atoms with Crippen molar-refractivity contribution in [3.05, 3.63) is 59.7 Å². The molecule has 1 heterocycles. The van der Waals surface area contributed by atoms with Crippen molar-refractivity contribution in [1.82, 2.24) is 10.3 Å². The van der Waals surface area contributed by atoms with Crippen molar-refractivity contribution < 1.29 is 24.5 Å². The number of ether oxygens (including phenoxy) is 2. The molecule has 1 atom stereocenters. The van der Waals surface area contributed by atoms with Crippen molar-refractivity contribution in [2.24, 2.45) is 5.10 Å². The van der Waals surface area contributed by atoms with Gasteiger partial charge in [0.2, 0.25) is 0 Å². The number of hydrogen-bond acceptors (Lipinski definition) is 7. The lowest BCUT2D eigenvalue weighted by atomic mass is 10.1. The summed E-state index contributed by atoms with van der Waals surface area (Å²) in [7, 11) is 0. The van der Waals surface area contributed by atoms with E-state index >= 15 is 0 Å². The number of aromatic hydroxyl groups is 1. The Bertz CT molecular complexity index is 846. The van der Waals surface area contributed by atoms with Gasteiger partial charge in [0.1, 0.15) is 24.2 Å². The van der Waals surface area contributed by atoms with Crippen molar-refractivity contribution >= 4 is 11.6 Å². The van der Waals surface area contributed by atoms with E-state index in [1.165, 1.54) is 0 Å². The molecule has 0 saturated carbocycles. The molecule has 0 bridgehead atoms. The number of morpholine rings is 1. The summed E-state index contributed by atoms with van der Waals surface area (Å²) in [6.07, 6.45) is -0.594. The van der Waals surface area contributed by atoms with E-state index in [9.17, 15) is 15.0 Å². The van der Waals surface area contributed by atoms with Crippen LogP contribution in [0.3, 0.4) is 0 Å². The smallest absolute Gasteiger partial charge is 0.271 e. The molecule has 1 aliphatic rings. The molecule has 0 radical (unpaired) electrons. The monoisotopic (exact) mass is 413 g/mol. The number of aliphatic hydroxyl groups is 1. The van der Waals surface area contributed by atoms with E-state index in [1.54, 1.807) is 55.5 Å². The van der Waals surface area contributed by atoms with Gasteiger partial charge in [0.05, 0.1) is 18.9 Å². The Morgan fingerprint density at radius 1 is 1.13 bits per heavy atom. The molecule has 2 aromatic rings. The third-order valence-corrected chi connectivity index (χ3v) is 4.74. The first-order valence-corrected chi connectivity index (χ1v) is 9.86. The topological polar surface area (TPSA) is 104 Å². The second kappa shape index (κ2) is 10.7. The number of β-amino-alcohol motifs (C(OH)–C–C–N with tert-alkyl or cyclic N) is 1. The van der Waals surface area contributed by atoms with Crippen molar-refractivity contribution in [2.75, 3.05) is 39.5 Å². The molecule has 8 heteroatoms. The average molecular weight is 413 g/mol. The lowest BCUT2D eigenvalue weighted by Gasteiger charge is -2.28. The number of nitrogens with one attached hydrogen (secondary N) is 1. The van der Waals surface area contributed by atoms with Gasteiger partial charge in [0.25, 0.3) is 5.91 Å². The largest absolute Gasteiger partial charge is 0.508 e. The van der Waals surface area contributed by atoms with Gasteiger partial charge in [-0.15, -0.1) is 0 Å². The predicted molar refractivity (Wildman–Crippen MR) is 113 cm³/mol. The maximum atomic E-state index is 12.3. The minimum Gasteiger partial charge on any atom is -0.508 e. The van der Waals surface area contributed by atoms with Crippen LogP contribution in [0.5, 0.6) is 11.5 Å². The van der Waals surface area contributed by atoms with Crippen LogP contribution < -0.4 is 10.2 Å². The number of benzene rings is 2. The lowest BCUT2D eigenvalue weighted by Crippen LogP contribution is -2.42. The first-order valence-electron chi connectivity index (χ1n) is 9.86. The Morgan fingerprint density at radius 3 is 2.43 bits per heavy atom. The Morgan fingerprint density at radius 2 is 1.77 bits per heavy atom. The third kappa shape index (κ3) is 6.55. The summed E-state index contributed by atoms with van der Waals surface area (Å²) in [5.74, 6) is 0.412. The highest BCUT2D eigenvalue weighted by molar-refractivity contribution is 6.00. The van der Waals surface area contributed by atoms with E-state index in [-0.39, 0.29) is 18.3 Å². The quantitative estimate of drug-likeness (QED) is 0.449. The van der Waals surface area contributed by atoms with Gasteiger partial charge >= 0.3 is 0 Å². The summed E-state index contributed by atoms with van der Waals surface area (Å²) in [5, 5.41) is 23.6. The summed E-state index contributed by atoms with van der Waals surface area (Å²) in [4.78, 5) is 14.4. The van der Waals surface area contributed by atoms with E-state index in [1.807, 2.05) is 0 Å².